The average Bonchev–Trinajstić information content (AvgIpc) is 2.92. The van der Waals surface area contributed by atoms with Gasteiger partial charge in [-0.2, -0.15) is 0 Å². The maximum atomic E-state index is 14.0. The van der Waals surface area contributed by atoms with Crippen LogP contribution in [0.1, 0.15) is 82.4 Å². The van der Waals surface area contributed by atoms with Gasteiger partial charge in [0.25, 0.3) is 5.56 Å². The number of aliphatic carboxylic acids is 1. The van der Waals surface area contributed by atoms with Gasteiger partial charge in [0.15, 0.2) is 5.69 Å². The van der Waals surface area contributed by atoms with Crippen molar-refractivity contribution in [2.24, 2.45) is 17.0 Å². The maximum absolute atomic E-state index is 14.0. The first kappa shape index (κ1) is 26.4. The lowest BCUT2D eigenvalue weighted by atomic mass is 9.68. The summed E-state index contributed by atoms with van der Waals surface area (Å²) in [5.74, 6) is 0.429. The number of hydrogen-bond acceptors (Lipinski definition) is 7. The molecule has 2 saturated carbocycles. The summed E-state index contributed by atoms with van der Waals surface area (Å²) in [5.41, 5.74) is 0.285. The molecule has 9 nitrogen and oxygen atoms in total. The highest BCUT2D eigenvalue weighted by atomic mass is 16.6. The zero-order valence-corrected chi connectivity index (χ0v) is 22.8. The second kappa shape index (κ2) is 11.4. The summed E-state index contributed by atoms with van der Waals surface area (Å²) in [6.45, 7) is 0.343. The van der Waals surface area contributed by atoms with Gasteiger partial charge in [-0.05, 0) is 68.9 Å². The summed E-state index contributed by atoms with van der Waals surface area (Å²) in [5, 5.41) is 13.7. The van der Waals surface area contributed by atoms with Crippen molar-refractivity contribution in [3.63, 3.8) is 0 Å². The van der Waals surface area contributed by atoms with Gasteiger partial charge in [-0.25, -0.2) is 9.78 Å². The smallest absolute Gasteiger partial charge is 0.360 e. The van der Waals surface area contributed by atoms with Crippen molar-refractivity contribution in [2.75, 3.05) is 20.3 Å². The summed E-state index contributed by atoms with van der Waals surface area (Å²) >= 11 is 0. The topological polar surface area (TPSA) is 106 Å². The van der Waals surface area contributed by atoms with Gasteiger partial charge in [-0.15, -0.1) is 0 Å². The van der Waals surface area contributed by atoms with Crippen LogP contribution in [-0.2, 0) is 14.4 Å². The molecule has 1 aromatic carbocycles. The van der Waals surface area contributed by atoms with E-state index in [1.54, 1.807) is 0 Å². The highest BCUT2D eigenvalue weighted by Crippen LogP contribution is 2.47. The van der Waals surface area contributed by atoms with E-state index < -0.39 is 17.2 Å². The van der Waals surface area contributed by atoms with Crippen LogP contribution in [0.5, 0.6) is 0 Å². The molecule has 2 saturated heterocycles. The first-order chi connectivity index (χ1) is 19.0. The van der Waals surface area contributed by atoms with E-state index >= 15 is 0 Å². The zero-order valence-electron chi connectivity index (χ0n) is 22.8. The Morgan fingerprint density at radius 1 is 0.949 bits per heavy atom. The fourth-order valence-corrected chi connectivity index (χ4v) is 8.22. The van der Waals surface area contributed by atoms with E-state index in [2.05, 4.69) is 15.0 Å². The number of carboxylic acid groups (broad SMARTS) is 1. The molecule has 2 aromatic rings. The highest BCUT2D eigenvalue weighted by molar-refractivity contribution is 6.41. The van der Waals surface area contributed by atoms with Crippen LogP contribution in [0.3, 0.4) is 0 Å². The highest BCUT2D eigenvalue weighted by Gasteiger charge is 2.45. The minimum Gasteiger partial charge on any atom is -0.476 e. The molecule has 4 fully saturated rings. The Kier molecular flexibility index (Phi) is 7.71. The number of nitrogens with zero attached hydrogens (tertiary/aromatic N) is 4. The fraction of sp³-hybridized carbons (Fsp3) is 0.667. The number of rotatable bonds is 8. The average molecular weight is 537 g/mol. The normalized spacial score (nSPS) is 31.3. The molecule has 2 aliphatic carbocycles. The molecule has 1 N–H and O–H groups in total. The minimum atomic E-state index is -1.34. The number of para-hydroxylation sites is 2. The predicted molar refractivity (Wildman–Crippen MR) is 148 cm³/mol. The minimum absolute atomic E-state index is 0.0109. The third-order valence-corrected chi connectivity index (χ3v) is 9.65. The molecule has 4 aliphatic rings. The molecule has 3 unspecified atom stereocenters. The lowest BCUT2D eigenvalue weighted by Gasteiger charge is -2.55. The van der Waals surface area contributed by atoms with Crippen LogP contribution in [0.2, 0.25) is 0 Å². The monoisotopic (exact) mass is 536 g/mol. The molecule has 3 heterocycles. The Morgan fingerprint density at radius 3 is 2.33 bits per heavy atom. The summed E-state index contributed by atoms with van der Waals surface area (Å²) in [6, 6.07) is 9.10. The summed E-state index contributed by atoms with van der Waals surface area (Å²) < 4.78 is 6.78. The van der Waals surface area contributed by atoms with E-state index in [0.717, 1.165) is 30.2 Å². The Morgan fingerprint density at radius 2 is 1.64 bits per heavy atom. The number of aromatic nitrogens is 2. The van der Waals surface area contributed by atoms with Crippen molar-refractivity contribution in [2.45, 2.75) is 94.8 Å². The number of ether oxygens (including phenoxy) is 1. The Hall–Kier alpha value is -2.78. The SMILES string of the molecule is COCCON=C(C(=O)O)c1nc2ccccc2n(C2C[C@H]3CCC[C@@H](C2)N3C2CC3CCCC(C3)C2)c1=O. The van der Waals surface area contributed by atoms with Crippen molar-refractivity contribution >= 4 is 22.7 Å². The number of methoxy groups -OCH3 is 1. The third kappa shape index (κ3) is 5.23. The van der Waals surface area contributed by atoms with Crippen molar-refractivity contribution in [3.05, 3.63) is 40.3 Å². The molecule has 9 heteroatoms. The van der Waals surface area contributed by atoms with Crippen LogP contribution in [0.25, 0.3) is 11.0 Å². The molecule has 0 spiro atoms. The Balaban J connectivity index is 1.34. The van der Waals surface area contributed by atoms with Crippen molar-refractivity contribution in [1.82, 2.24) is 14.5 Å². The number of piperidine rings is 2. The molecular formula is C30H40N4O5. The van der Waals surface area contributed by atoms with E-state index in [0.29, 0.717) is 23.6 Å². The van der Waals surface area contributed by atoms with E-state index in [9.17, 15) is 14.7 Å². The Labute approximate surface area is 229 Å². The number of oxime groups is 1. The summed E-state index contributed by atoms with van der Waals surface area (Å²) in [6.07, 6.45) is 13.6. The second-order valence-electron chi connectivity index (χ2n) is 12.0. The van der Waals surface area contributed by atoms with E-state index in [-0.39, 0.29) is 24.9 Å². The van der Waals surface area contributed by atoms with E-state index in [1.165, 1.54) is 64.9 Å². The predicted octanol–water partition coefficient (Wildman–Crippen LogP) is 4.38. The van der Waals surface area contributed by atoms with Gasteiger partial charge in [-0.3, -0.25) is 9.69 Å². The first-order valence-electron chi connectivity index (χ1n) is 14.7. The zero-order chi connectivity index (χ0) is 26.9. The molecule has 39 heavy (non-hydrogen) atoms. The standard InChI is InChI=1S/C30H40N4O5/c1-38-12-13-39-32-28(30(36)37)27-29(35)34(26-11-3-2-10-25(26)31-27)24-17-21-8-5-9-22(18-24)33(21)23-15-19-6-4-7-20(14-19)16-23/h2-3,10-11,19-24H,4-9,12-18H2,1H3,(H,36,37)/t19?,20?,21-,22+,23?,24?. The molecule has 0 amide bonds. The van der Waals surface area contributed by atoms with Gasteiger partial charge in [0.05, 0.1) is 17.6 Å². The first-order valence-corrected chi connectivity index (χ1v) is 14.7. The molecular weight excluding hydrogens is 496 g/mol. The third-order valence-electron chi connectivity index (χ3n) is 9.65. The summed E-state index contributed by atoms with van der Waals surface area (Å²) in [4.78, 5) is 38.7. The van der Waals surface area contributed by atoms with Gasteiger partial charge in [0.2, 0.25) is 5.71 Å². The van der Waals surface area contributed by atoms with Crippen molar-refractivity contribution < 1.29 is 19.5 Å². The van der Waals surface area contributed by atoms with Crippen LogP contribution in [0, 0.1) is 11.8 Å². The van der Waals surface area contributed by atoms with E-state index in [1.807, 2.05) is 28.8 Å². The van der Waals surface area contributed by atoms with Gasteiger partial charge in [-0.1, -0.05) is 43.0 Å². The largest absolute Gasteiger partial charge is 0.476 e. The number of carbonyl (C=O) groups is 1. The van der Waals surface area contributed by atoms with Gasteiger partial charge in [0.1, 0.15) is 6.61 Å². The van der Waals surface area contributed by atoms with Crippen molar-refractivity contribution in [3.8, 4) is 0 Å². The maximum Gasteiger partial charge on any atom is 0.360 e. The molecule has 1 aromatic heterocycles. The lowest BCUT2D eigenvalue weighted by molar-refractivity contribution is -0.129. The van der Waals surface area contributed by atoms with Crippen LogP contribution in [0.4, 0.5) is 0 Å². The van der Waals surface area contributed by atoms with Crippen LogP contribution < -0.4 is 5.56 Å². The second-order valence-corrected chi connectivity index (χ2v) is 12.0. The molecule has 0 radical (unpaired) electrons. The lowest BCUT2D eigenvalue weighted by Crippen LogP contribution is -2.58. The van der Waals surface area contributed by atoms with Gasteiger partial charge < -0.3 is 19.2 Å². The van der Waals surface area contributed by atoms with E-state index in [4.69, 9.17) is 9.57 Å². The summed E-state index contributed by atoms with van der Waals surface area (Å²) in [7, 11) is 1.52. The van der Waals surface area contributed by atoms with Gasteiger partial charge in [0, 0.05) is 31.3 Å². The Bertz CT molecular complexity index is 1270. The quantitative estimate of drug-likeness (QED) is 0.303. The molecule has 4 bridgehead atoms. The van der Waals surface area contributed by atoms with Crippen LogP contribution in [0.15, 0.2) is 34.2 Å². The molecule has 6 rings (SSSR count). The molecule has 210 valence electrons. The fourth-order valence-electron chi connectivity index (χ4n) is 8.22. The molecule has 5 atom stereocenters. The number of carboxylic acids is 1. The molecule has 2 aliphatic heterocycles. The number of benzene rings is 1. The van der Waals surface area contributed by atoms with Crippen LogP contribution in [-0.4, -0.2) is 69.7 Å². The number of hydrogen-bond donors (Lipinski definition) is 1. The van der Waals surface area contributed by atoms with Gasteiger partial charge >= 0.3 is 5.97 Å². The van der Waals surface area contributed by atoms with Crippen molar-refractivity contribution in [1.29, 1.82) is 0 Å². The van der Waals surface area contributed by atoms with Crippen LogP contribution >= 0.6 is 0 Å². The number of fused-ring (bicyclic) bond motifs is 5.